The monoisotopic (exact) mass is 454 g/mol. The van der Waals surface area contributed by atoms with E-state index in [4.69, 9.17) is 16.1 Å². The van der Waals surface area contributed by atoms with Crippen molar-refractivity contribution in [3.8, 4) is 0 Å². The van der Waals surface area contributed by atoms with Crippen molar-refractivity contribution in [3.63, 3.8) is 0 Å². The second kappa shape index (κ2) is 9.47. The van der Waals surface area contributed by atoms with Crippen molar-refractivity contribution < 1.29 is 17.7 Å². The number of piperazine rings is 1. The fourth-order valence-corrected chi connectivity index (χ4v) is 4.82. The number of rotatable bonds is 7. The summed E-state index contributed by atoms with van der Waals surface area (Å²) in [6, 6.07) is 6.94. The number of halogens is 1. The van der Waals surface area contributed by atoms with E-state index in [1.807, 2.05) is 26.8 Å². The second-order valence-electron chi connectivity index (χ2n) is 7.83. The molecule has 1 fully saturated rings. The summed E-state index contributed by atoms with van der Waals surface area (Å²) < 4.78 is 33.3. The van der Waals surface area contributed by atoms with Crippen molar-refractivity contribution in [2.45, 2.75) is 38.3 Å². The van der Waals surface area contributed by atoms with Gasteiger partial charge in [0.1, 0.15) is 6.04 Å². The number of sulfonamides is 1. The Morgan fingerprint density at radius 1 is 1.20 bits per heavy atom. The van der Waals surface area contributed by atoms with Crippen molar-refractivity contribution in [3.05, 3.63) is 46.8 Å². The fraction of sp³-hybridized carbons (Fsp3) is 0.500. The van der Waals surface area contributed by atoms with Crippen LogP contribution in [0.3, 0.4) is 0 Å². The predicted octanol–water partition coefficient (Wildman–Crippen LogP) is 2.28. The number of nitrogens with one attached hydrogen (secondary N) is 1. The normalized spacial score (nSPS) is 16.8. The second-order valence-corrected chi connectivity index (χ2v) is 9.98. The number of nitrogens with zero attached hydrogens (tertiary/aromatic N) is 3. The molecule has 1 atom stereocenters. The largest absolute Gasteiger partial charge is 0.360 e. The maximum absolute atomic E-state index is 13.1. The van der Waals surface area contributed by atoms with Crippen LogP contribution in [0.15, 0.2) is 39.8 Å². The third-order valence-corrected chi connectivity index (χ3v) is 6.79. The first-order valence-electron chi connectivity index (χ1n) is 9.87. The van der Waals surface area contributed by atoms with Crippen LogP contribution in [0.2, 0.25) is 5.02 Å². The molecular formula is C20H27ClN4O4S. The van der Waals surface area contributed by atoms with Crippen LogP contribution in [0.4, 0.5) is 0 Å². The van der Waals surface area contributed by atoms with Gasteiger partial charge in [0.05, 0.1) is 17.1 Å². The Hall–Kier alpha value is -1.94. The Labute approximate surface area is 182 Å². The van der Waals surface area contributed by atoms with Gasteiger partial charge in [-0.2, -0.15) is 4.72 Å². The molecule has 1 aromatic carbocycles. The highest BCUT2D eigenvalue weighted by Crippen LogP contribution is 2.17. The van der Waals surface area contributed by atoms with E-state index >= 15 is 0 Å². The molecule has 0 unspecified atom stereocenters. The predicted molar refractivity (Wildman–Crippen MR) is 113 cm³/mol. The van der Waals surface area contributed by atoms with Gasteiger partial charge >= 0.3 is 0 Å². The van der Waals surface area contributed by atoms with Crippen LogP contribution >= 0.6 is 11.6 Å². The van der Waals surface area contributed by atoms with Gasteiger partial charge in [-0.05, 0) is 37.1 Å². The zero-order valence-corrected chi connectivity index (χ0v) is 18.9. The van der Waals surface area contributed by atoms with E-state index in [1.54, 1.807) is 4.90 Å². The first-order valence-corrected chi connectivity index (χ1v) is 11.7. The van der Waals surface area contributed by atoms with Crippen molar-refractivity contribution in [1.82, 2.24) is 19.7 Å². The van der Waals surface area contributed by atoms with E-state index < -0.39 is 16.1 Å². The van der Waals surface area contributed by atoms with Crippen molar-refractivity contribution >= 4 is 27.5 Å². The molecule has 1 saturated heterocycles. The van der Waals surface area contributed by atoms with E-state index in [0.717, 1.165) is 11.5 Å². The van der Waals surface area contributed by atoms with E-state index in [-0.39, 0.29) is 16.7 Å². The van der Waals surface area contributed by atoms with Crippen LogP contribution in [0.25, 0.3) is 0 Å². The first kappa shape index (κ1) is 22.7. The minimum absolute atomic E-state index is 0.0810. The SMILES string of the molecule is Cc1cc(CN2CCN(C(=O)[C@H](NS(=O)(=O)c3ccc(Cl)cc3)C(C)C)CC2)on1. The zero-order chi connectivity index (χ0) is 21.9. The lowest BCUT2D eigenvalue weighted by Gasteiger charge is -2.36. The average Bonchev–Trinajstić information content (AvgIpc) is 3.11. The summed E-state index contributed by atoms with van der Waals surface area (Å²) in [6.45, 7) is 8.58. The summed E-state index contributed by atoms with van der Waals surface area (Å²) in [5.41, 5.74) is 0.839. The van der Waals surface area contributed by atoms with Crippen molar-refractivity contribution in [2.75, 3.05) is 26.2 Å². The Morgan fingerprint density at radius 3 is 2.37 bits per heavy atom. The molecule has 1 amide bonds. The van der Waals surface area contributed by atoms with Crippen LogP contribution in [-0.4, -0.2) is 61.5 Å². The quantitative estimate of drug-likeness (QED) is 0.689. The molecule has 3 rings (SSSR count). The van der Waals surface area contributed by atoms with Crippen molar-refractivity contribution in [2.24, 2.45) is 5.92 Å². The van der Waals surface area contributed by atoms with Gasteiger partial charge in [0, 0.05) is 37.3 Å². The van der Waals surface area contributed by atoms with E-state index in [0.29, 0.717) is 37.7 Å². The lowest BCUT2D eigenvalue weighted by Crippen LogP contribution is -2.56. The summed E-state index contributed by atoms with van der Waals surface area (Å²) in [5.74, 6) is 0.385. The number of hydrogen-bond donors (Lipinski definition) is 1. The van der Waals surface area contributed by atoms with Crippen LogP contribution in [0.5, 0.6) is 0 Å². The van der Waals surface area contributed by atoms with Gasteiger partial charge in [0.25, 0.3) is 0 Å². The molecule has 0 radical (unpaired) electrons. The molecule has 0 aliphatic carbocycles. The minimum atomic E-state index is -3.84. The van der Waals surface area contributed by atoms with Gasteiger partial charge in [-0.1, -0.05) is 30.6 Å². The number of hydrogen-bond acceptors (Lipinski definition) is 6. The molecule has 164 valence electrons. The summed E-state index contributed by atoms with van der Waals surface area (Å²) in [7, 11) is -3.84. The number of carbonyl (C=O) groups is 1. The highest BCUT2D eigenvalue weighted by atomic mass is 35.5. The number of carbonyl (C=O) groups excluding carboxylic acids is 1. The molecule has 1 aromatic heterocycles. The highest BCUT2D eigenvalue weighted by molar-refractivity contribution is 7.89. The van der Waals surface area contributed by atoms with Gasteiger partial charge in [-0.15, -0.1) is 0 Å². The molecule has 0 saturated carbocycles. The Kier molecular flexibility index (Phi) is 7.18. The molecule has 2 aromatic rings. The summed E-state index contributed by atoms with van der Waals surface area (Å²) >= 11 is 5.84. The van der Waals surface area contributed by atoms with Crippen LogP contribution in [0.1, 0.15) is 25.3 Å². The van der Waals surface area contributed by atoms with Crippen LogP contribution in [-0.2, 0) is 21.4 Å². The van der Waals surface area contributed by atoms with Crippen molar-refractivity contribution in [1.29, 1.82) is 0 Å². The number of aromatic nitrogens is 1. The third kappa shape index (κ3) is 5.60. The summed E-state index contributed by atoms with van der Waals surface area (Å²) in [4.78, 5) is 17.1. The zero-order valence-electron chi connectivity index (χ0n) is 17.3. The molecule has 8 nitrogen and oxygen atoms in total. The van der Waals surface area contributed by atoms with Gasteiger partial charge in [0.15, 0.2) is 5.76 Å². The molecule has 2 heterocycles. The van der Waals surface area contributed by atoms with Crippen LogP contribution < -0.4 is 4.72 Å². The van der Waals surface area contributed by atoms with Gasteiger partial charge in [0.2, 0.25) is 15.9 Å². The molecule has 1 aliphatic rings. The Bertz CT molecular complexity index is 967. The van der Waals surface area contributed by atoms with Gasteiger partial charge < -0.3 is 9.42 Å². The summed E-state index contributed by atoms with van der Waals surface area (Å²) in [5, 5.41) is 4.34. The molecule has 10 heteroatoms. The van der Waals surface area contributed by atoms with Gasteiger partial charge in [-0.25, -0.2) is 8.42 Å². The molecule has 1 aliphatic heterocycles. The van der Waals surface area contributed by atoms with Crippen LogP contribution in [0, 0.1) is 12.8 Å². The number of amides is 1. The lowest BCUT2D eigenvalue weighted by atomic mass is 10.0. The number of aryl methyl sites for hydroxylation is 1. The highest BCUT2D eigenvalue weighted by Gasteiger charge is 2.33. The maximum Gasteiger partial charge on any atom is 0.241 e. The smallest absolute Gasteiger partial charge is 0.241 e. The molecule has 1 N–H and O–H groups in total. The molecule has 0 bridgehead atoms. The molecule has 0 spiro atoms. The minimum Gasteiger partial charge on any atom is -0.360 e. The third-order valence-electron chi connectivity index (χ3n) is 5.08. The Balaban J connectivity index is 1.62. The van der Waals surface area contributed by atoms with E-state index in [2.05, 4.69) is 14.8 Å². The summed E-state index contributed by atoms with van der Waals surface area (Å²) in [6.07, 6.45) is 0. The molecule has 30 heavy (non-hydrogen) atoms. The lowest BCUT2D eigenvalue weighted by molar-refractivity contribution is -0.135. The Morgan fingerprint density at radius 2 is 1.83 bits per heavy atom. The standard InChI is InChI=1S/C20H27ClN4O4S/c1-14(2)19(23-30(27,28)18-6-4-16(21)5-7-18)20(26)25-10-8-24(9-11-25)13-17-12-15(3)22-29-17/h4-7,12,14,19,23H,8-11,13H2,1-3H3/t19-/m1/s1. The van der Waals surface area contributed by atoms with E-state index in [1.165, 1.54) is 24.3 Å². The first-order chi connectivity index (χ1) is 14.2. The fourth-order valence-electron chi connectivity index (χ4n) is 3.35. The maximum atomic E-state index is 13.1. The average molecular weight is 455 g/mol. The molecular weight excluding hydrogens is 428 g/mol. The number of benzene rings is 1. The van der Waals surface area contributed by atoms with E-state index in [9.17, 15) is 13.2 Å². The van der Waals surface area contributed by atoms with Gasteiger partial charge in [-0.3, -0.25) is 9.69 Å². The topological polar surface area (TPSA) is 95.8 Å².